The van der Waals surface area contributed by atoms with Crippen molar-refractivity contribution >= 4 is 16.4 Å². The van der Waals surface area contributed by atoms with E-state index in [0.29, 0.717) is 6.10 Å². The van der Waals surface area contributed by atoms with E-state index >= 15 is 0 Å². The highest BCUT2D eigenvalue weighted by atomic mass is 28.4. The lowest BCUT2D eigenvalue weighted by Gasteiger charge is -2.35. The second kappa shape index (κ2) is 4.77. The van der Waals surface area contributed by atoms with Crippen molar-refractivity contribution in [2.45, 2.75) is 59.6 Å². The Bertz CT molecular complexity index is 212. The summed E-state index contributed by atoms with van der Waals surface area (Å²) in [6, 6.07) is 0. The van der Waals surface area contributed by atoms with Crippen molar-refractivity contribution in [2.75, 3.05) is 0 Å². The first-order chi connectivity index (χ1) is 6.11. The summed E-state index contributed by atoms with van der Waals surface area (Å²) >= 11 is 0. The van der Waals surface area contributed by atoms with Gasteiger partial charge in [-0.15, -0.1) is 0 Å². The fourth-order valence-electron chi connectivity index (χ4n) is 2.34. The highest BCUT2D eigenvalue weighted by molar-refractivity contribution is 7.02. The third kappa shape index (κ3) is 4.11. The van der Waals surface area contributed by atoms with Crippen LogP contribution >= 0.6 is 0 Å². The molecule has 0 aliphatic carbocycles. The second-order valence-electron chi connectivity index (χ2n) is 5.63. The third-order valence-electron chi connectivity index (χ3n) is 2.28. The Morgan fingerprint density at radius 2 is 1.50 bits per heavy atom. The predicted octanol–water partition coefficient (Wildman–Crippen LogP) is 3.98. The van der Waals surface area contributed by atoms with Gasteiger partial charge in [0.05, 0.1) is 8.07 Å². The fraction of sp³-hybridized carbons (Fsp3) is 0.818. The van der Waals surface area contributed by atoms with Gasteiger partial charge in [0.15, 0.2) is 0 Å². The number of hydrogen-bond donors (Lipinski definition) is 0. The maximum Gasteiger partial charge on any atom is 0.210 e. The zero-order valence-electron chi connectivity index (χ0n) is 11.1. The third-order valence-corrected chi connectivity index (χ3v) is 10.9. The molecular weight excluding hydrogens is 204 g/mol. The van der Waals surface area contributed by atoms with Crippen LogP contribution in [-0.2, 0) is 4.43 Å². The van der Waals surface area contributed by atoms with Crippen LogP contribution in [0.25, 0.3) is 0 Å². The molecule has 1 nitrogen and oxygen atoms in total. The van der Waals surface area contributed by atoms with Gasteiger partial charge in [-0.25, -0.2) is 0 Å². The normalized spacial score (nSPS) is 15.1. The molecule has 0 unspecified atom stereocenters. The SMILES string of the molecule is CC=C([Si](C)(C)C)[Si](C)(C)OC(C)C. The fourth-order valence-corrected chi connectivity index (χ4v) is 12.6. The molecule has 0 rings (SSSR count). The minimum Gasteiger partial charge on any atom is -0.411 e. The van der Waals surface area contributed by atoms with Gasteiger partial charge in [-0.2, -0.15) is 0 Å². The Kier molecular flexibility index (Phi) is 4.82. The van der Waals surface area contributed by atoms with E-state index in [9.17, 15) is 0 Å². The van der Waals surface area contributed by atoms with E-state index in [2.05, 4.69) is 59.6 Å². The molecular formula is C11H26OSi2. The molecule has 84 valence electrons. The summed E-state index contributed by atoms with van der Waals surface area (Å²) in [6.45, 7) is 18.3. The lowest BCUT2D eigenvalue weighted by Crippen LogP contribution is -2.46. The van der Waals surface area contributed by atoms with Crippen molar-refractivity contribution in [1.29, 1.82) is 0 Å². The maximum atomic E-state index is 6.12. The number of rotatable bonds is 4. The molecule has 0 fully saturated rings. The van der Waals surface area contributed by atoms with E-state index < -0.39 is 16.4 Å². The monoisotopic (exact) mass is 230 g/mol. The maximum absolute atomic E-state index is 6.12. The summed E-state index contributed by atoms with van der Waals surface area (Å²) in [5.41, 5.74) is 0. The molecule has 0 aliphatic heterocycles. The van der Waals surface area contributed by atoms with Crippen LogP contribution in [0.5, 0.6) is 0 Å². The van der Waals surface area contributed by atoms with E-state index in [1.807, 2.05) is 0 Å². The summed E-state index contributed by atoms with van der Waals surface area (Å²) in [6.07, 6.45) is 2.66. The molecule has 0 saturated heterocycles. The molecule has 0 aliphatic rings. The van der Waals surface area contributed by atoms with Gasteiger partial charge in [0.25, 0.3) is 0 Å². The molecule has 0 heterocycles. The molecule has 0 bridgehead atoms. The Morgan fingerprint density at radius 1 is 1.07 bits per heavy atom. The van der Waals surface area contributed by atoms with E-state index in [-0.39, 0.29) is 0 Å². The quantitative estimate of drug-likeness (QED) is 0.664. The largest absolute Gasteiger partial charge is 0.411 e. The summed E-state index contributed by atoms with van der Waals surface area (Å²) in [4.78, 5) is 1.64. The Labute approximate surface area is 91.7 Å². The average molecular weight is 230 g/mol. The number of hydrogen-bond acceptors (Lipinski definition) is 1. The van der Waals surface area contributed by atoms with Gasteiger partial charge >= 0.3 is 0 Å². The summed E-state index contributed by atoms with van der Waals surface area (Å²) in [7, 11) is -2.80. The van der Waals surface area contributed by atoms with Crippen LogP contribution in [0.2, 0.25) is 32.7 Å². The van der Waals surface area contributed by atoms with Gasteiger partial charge in [0, 0.05) is 6.10 Å². The molecule has 0 atom stereocenters. The summed E-state index contributed by atoms with van der Waals surface area (Å²) in [5.74, 6) is 0. The molecule has 0 amide bonds. The molecule has 0 aromatic rings. The highest BCUT2D eigenvalue weighted by Gasteiger charge is 2.36. The first-order valence-electron chi connectivity index (χ1n) is 5.46. The van der Waals surface area contributed by atoms with Crippen LogP contribution in [0, 0.1) is 0 Å². The molecule has 0 aromatic heterocycles. The van der Waals surface area contributed by atoms with Crippen LogP contribution in [0.1, 0.15) is 20.8 Å². The lowest BCUT2D eigenvalue weighted by molar-refractivity contribution is 0.237. The van der Waals surface area contributed by atoms with Gasteiger partial charge in [0.2, 0.25) is 8.32 Å². The Hall–Kier alpha value is 0.134. The molecule has 14 heavy (non-hydrogen) atoms. The predicted molar refractivity (Wildman–Crippen MR) is 70.8 cm³/mol. The van der Waals surface area contributed by atoms with Crippen LogP contribution in [-0.4, -0.2) is 22.5 Å². The minimum absolute atomic E-state index is 0.350. The molecule has 0 saturated carbocycles. The topological polar surface area (TPSA) is 9.23 Å². The zero-order valence-corrected chi connectivity index (χ0v) is 13.1. The summed E-state index contributed by atoms with van der Waals surface area (Å²) < 4.78 is 6.12. The van der Waals surface area contributed by atoms with Gasteiger partial charge in [-0.05, 0) is 33.9 Å². The van der Waals surface area contributed by atoms with E-state index in [1.54, 1.807) is 4.82 Å². The van der Waals surface area contributed by atoms with E-state index in [1.165, 1.54) is 0 Å². The van der Waals surface area contributed by atoms with Crippen LogP contribution in [0.4, 0.5) is 0 Å². The Morgan fingerprint density at radius 3 is 1.71 bits per heavy atom. The smallest absolute Gasteiger partial charge is 0.210 e. The van der Waals surface area contributed by atoms with E-state index in [0.717, 1.165) is 0 Å². The molecule has 0 aromatic carbocycles. The Balaban J connectivity index is 4.87. The van der Waals surface area contributed by atoms with Crippen LogP contribution in [0.3, 0.4) is 0 Å². The van der Waals surface area contributed by atoms with Crippen LogP contribution in [0.15, 0.2) is 10.9 Å². The van der Waals surface area contributed by atoms with Crippen molar-refractivity contribution in [3.05, 3.63) is 10.9 Å². The number of allylic oxidation sites excluding steroid dienone is 1. The minimum atomic E-state index is -1.61. The second-order valence-corrected chi connectivity index (χ2v) is 15.0. The molecule has 0 radical (unpaired) electrons. The highest BCUT2D eigenvalue weighted by Crippen LogP contribution is 2.27. The van der Waals surface area contributed by atoms with Gasteiger partial charge in [-0.1, -0.05) is 30.5 Å². The van der Waals surface area contributed by atoms with Crippen molar-refractivity contribution in [2.24, 2.45) is 0 Å². The standard InChI is InChI=1S/C11H26OSi2/c1-9-11(13(4,5)6)14(7,8)12-10(2)3/h9-10H,1-8H3. The van der Waals surface area contributed by atoms with Crippen LogP contribution < -0.4 is 0 Å². The van der Waals surface area contributed by atoms with Crippen molar-refractivity contribution in [1.82, 2.24) is 0 Å². The average Bonchev–Trinajstić information content (AvgIpc) is 1.79. The first kappa shape index (κ1) is 14.1. The van der Waals surface area contributed by atoms with Crippen molar-refractivity contribution < 1.29 is 4.43 Å². The lowest BCUT2D eigenvalue weighted by atomic mass is 10.5. The van der Waals surface area contributed by atoms with Crippen molar-refractivity contribution in [3.63, 3.8) is 0 Å². The van der Waals surface area contributed by atoms with E-state index in [4.69, 9.17) is 4.43 Å². The molecule has 0 N–H and O–H groups in total. The van der Waals surface area contributed by atoms with Gasteiger partial charge in [-0.3, -0.25) is 0 Å². The van der Waals surface area contributed by atoms with Gasteiger partial charge < -0.3 is 4.43 Å². The van der Waals surface area contributed by atoms with Gasteiger partial charge in [0.1, 0.15) is 0 Å². The summed E-state index contributed by atoms with van der Waals surface area (Å²) in [5, 5.41) is 0. The molecule has 3 heteroatoms. The first-order valence-corrected chi connectivity index (χ1v) is 11.9. The zero-order chi connectivity index (χ0) is 11.6. The van der Waals surface area contributed by atoms with Crippen molar-refractivity contribution in [3.8, 4) is 0 Å². The molecule has 0 spiro atoms.